The predicted octanol–water partition coefficient (Wildman–Crippen LogP) is 0.695. The third-order valence-electron chi connectivity index (χ3n) is 2.62. The van der Waals surface area contributed by atoms with E-state index in [2.05, 4.69) is 10.6 Å². The molecule has 2 heterocycles. The van der Waals surface area contributed by atoms with E-state index in [4.69, 9.17) is 9.15 Å². The average Bonchev–Trinajstić information content (AvgIpc) is 2.79. The van der Waals surface area contributed by atoms with Crippen LogP contribution in [0.2, 0.25) is 0 Å². The van der Waals surface area contributed by atoms with E-state index >= 15 is 0 Å². The van der Waals surface area contributed by atoms with E-state index in [1.165, 1.54) is 0 Å². The molecular formula is C11H17ClN2O3. The molecule has 1 aromatic heterocycles. The van der Waals surface area contributed by atoms with Gasteiger partial charge in [-0.2, -0.15) is 0 Å². The minimum absolute atomic E-state index is 0. The van der Waals surface area contributed by atoms with Crippen LogP contribution in [0.4, 0.5) is 0 Å². The Kier molecular flexibility index (Phi) is 5.47. The summed E-state index contributed by atoms with van der Waals surface area (Å²) in [5.41, 5.74) is 0. The van der Waals surface area contributed by atoms with Gasteiger partial charge >= 0.3 is 0 Å². The summed E-state index contributed by atoms with van der Waals surface area (Å²) in [6.07, 6.45) is 1.50. The quantitative estimate of drug-likeness (QED) is 0.840. The number of halogens is 1. The lowest BCUT2D eigenvalue weighted by Crippen LogP contribution is -2.55. The maximum atomic E-state index is 11.8. The van der Waals surface area contributed by atoms with Crippen molar-refractivity contribution in [2.45, 2.75) is 25.6 Å². The van der Waals surface area contributed by atoms with Crippen molar-refractivity contribution in [3.05, 3.63) is 24.2 Å². The van der Waals surface area contributed by atoms with E-state index in [-0.39, 0.29) is 30.5 Å². The number of nitrogens with one attached hydrogen (secondary N) is 2. The maximum absolute atomic E-state index is 11.8. The Labute approximate surface area is 106 Å². The number of carbonyl (C=O) groups is 1. The van der Waals surface area contributed by atoms with Gasteiger partial charge in [0.25, 0.3) is 0 Å². The molecule has 2 atom stereocenters. The molecule has 0 spiro atoms. The summed E-state index contributed by atoms with van der Waals surface area (Å²) in [6, 6.07) is 3.35. The molecule has 0 aromatic carbocycles. The van der Waals surface area contributed by atoms with E-state index in [0.717, 1.165) is 5.76 Å². The van der Waals surface area contributed by atoms with Gasteiger partial charge in [0.1, 0.15) is 11.8 Å². The Hall–Kier alpha value is -1.04. The Morgan fingerprint density at radius 1 is 1.65 bits per heavy atom. The van der Waals surface area contributed by atoms with E-state index in [9.17, 15) is 4.79 Å². The van der Waals surface area contributed by atoms with Gasteiger partial charge in [-0.25, -0.2) is 0 Å². The SMILES string of the molecule is C[C@H]1OCCN[C@@H]1C(=O)NCc1ccco1.Cl. The Morgan fingerprint density at radius 3 is 3.12 bits per heavy atom. The molecule has 1 aliphatic heterocycles. The molecular weight excluding hydrogens is 244 g/mol. The lowest BCUT2D eigenvalue weighted by Gasteiger charge is -2.29. The highest BCUT2D eigenvalue weighted by Crippen LogP contribution is 2.05. The average molecular weight is 261 g/mol. The number of morpholine rings is 1. The number of amides is 1. The molecule has 0 saturated carbocycles. The molecule has 96 valence electrons. The Morgan fingerprint density at radius 2 is 2.47 bits per heavy atom. The van der Waals surface area contributed by atoms with Gasteiger partial charge in [0, 0.05) is 6.54 Å². The van der Waals surface area contributed by atoms with Crippen LogP contribution in [0.25, 0.3) is 0 Å². The van der Waals surface area contributed by atoms with E-state index in [1.807, 2.05) is 13.0 Å². The fourth-order valence-electron chi connectivity index (χ4n) is 1.72. The second kappa shape index (κ2) is 6.64. The molecule has 6 heteroatoms. The highest BCUT2D eigenvalue weighted by atomic mass is 35.5. The first kappa shape index (κ1) is 14.0. The molecule has 1 aromatic rings. The van der Waals surface area contributed by atoms with Crippen LogP contribution in [0.15, 0.2) is 22.8 Å². The minimum Gasteiger partial charge on any atom is -0.467 e. The van der Waals surface area contributed by atoms with Crippen molar-refractivity contribution in [2.75, 3.05) is 13.2 Å². The summed E-state index contributed by atoms with van der Waals surface area (Å²) in [5.74, 6) is 0.696. The molecule has 1 saturated heterocycles. The smallest absolute Gasteiger partial charge is 0.240 e. The van der Waals surface area contributed by atoms with Crippen LogP contribution >= 0.6 is 12.4 Å². The van der Waals surface area contributed by atoms with Crippen LogP contribution in [-0.2, 0) is 16.1 Å². The van der Waals surface area contributed by atoms with Gasteiger partial charge in [0.05, 0.1) is 25.5 Å². The molecule has 17 heavy (non-hydrogen) atoms. The molecule has 2 rings (SSSR count). The fraction of sp³-hybridized carbons (Fsp3) is 0.545. The summed E-state index contributed by atoms with van der Waals surface area (Å²) < 4.78 is 10.5. The monoisotopic (exact) mass is 260 g/mol. The maximum Gasteiger partial charge on any atom is 0.240 e. The molecule has 1 amide bonds. The molecule has 1 fully saturated rings. The zero-order chi connectivity index (χ0) is 11.4. The van der Waals surface area contributed by atoms with Crippen LogP contribution in [0.1, 0.15) is 12.7 Å². The molecule has 1 aliphatic rings. The van der Waals surface area contributed by atoms with E-state index in [0.29, 0.717) is 19.7 Å². The first-order valence-corrected chi connectivity index (χ1v) is 5.42. The number of ether oxygens (including phenoxy) is 1. The van der Waals surface area contributed by atoms with Crippen LogP contribution in [-0.4, -0.2) is 31.2 Å². The number of carbonyl (C=O) groups excluding carboxylic acids is 1. The van der Waals surface area contributed by atoms with Crippen molar-refractivity contribution < 1.29 is 13.9 Å². The van der Waals surface area contributed by atoms with Gasteiger partial charge in [0.15, 0.2) is 0 Å². The standard InChI is InChI=1S/C11H16N2O3.ClH/c1-8-10(12-4-6-15-8)11(14)13-7-9-3-2-5-16-9;/h2-3,5,8,10,12H,4,6-7H2,1H3,(H,13,14);1H/t8-,10+;/m1./s1. The van der Waals surface area contributed by atoms with Crippen LogP contribution < -0.4 is 10.6 Å². The Balaban J connectivity index is 0.00000144. The van der Waals surface area contributed by atoms with Gasteiger partial charge < -0.3 is 19.8 Å². The Bertz CT molecular complexity index is 342. The van der Waals surface area contributed by atoms with Gasteiger partial charge in [-0.05, 0) is 19.1 Å². The van der Waals surface area contributed by atoms with Gasteiger partial charge in [-0.3, -0.25) is 4.79 Å². The molecule has 0 aliphatic carbocycles. The zero-order valence-electron chi connectivity index (χ0n) is 9.64. The molecule has 0 unspecified atom stereocenters. The lowest BCUT2D eigenvalue weighted by atomic mass is 10.1. The third-order valence-corrected chi connectivity index (χ3v) is 2.62. The normalized spacial score (nSPS) is 23.8. The van der Waals surface area contributed by atoms with Crippen molar-refractivity contribution >= 4 is 18.3 Å². The van der Waals surface area contributed by atoms with Gasteiger partial charge in [0.2, 0.25) is 5.91 Å². The van der Waals surface area contributed by atoms with Crippen LogP contribution in [0, 0.1) is 0 Å². The van der Waals surface area contributed by atoms with Gasteiger partial charge in [-0.1, -0.05) is 0 Å². The number of hydrogen-bond donors (Lipinski definition) is 2. The second-order valence-corrected chi connectivity index (χ2v) is 3.80. The summed E-state index contributed by atoms with van der Waals surface area (Å²) in [4.78, 5) is 11.8. The van der Waals surface area contributed by atoms with E-state index < -0.39 is 0 Å². The zero-order valence-corrected chi connectivity index (χ0v) is 10.5. The minimum atomic E-state index is -0.274. The van der Waals surface area contributed by atoms with Crippen LogP contribution in [0.3, 0.4) is 0 Å². The highest BCUT2D eigenvalue weighted by molar-refractivity contribution is 5.85. The number of hydrogen-bond acceptors (Lipinski definition) is 4. The number of rotatable bonds is 3. The summed E-state index contributed by atoms with van der Waals surface area (Å²) in [6.45, 7) is 3.67. The van der Waals surface area contributed by atoms with Crippen LogP contribution in [0.5, 0.6) is 0 Å². The van der Waals surface area contributed by atoms with Crippen molar-refractivity contribution in [3.63, 3.8) is 0 Å². The largest absolute Gasteiger partial charge is 0.467 e. The van der Waals surface area contributed by atoms with Crippen molar-refractivity contribution in [3.8, 4) is 0 Å². The summed E-state index contributed by atoms with van der Waals surface area (Å²) in [5, 5.41) is 5.94. The molecule has 0 radical (unpaired) electrons. The predicted molar refractivity (Wildman–Crippen MR) is 65.0 cm³/mol. The van der Waals surface area contributed by atoms with E-state index in [1.54, 1.807) is 12.3 Å². The van der Waals surface area contributed by atoms with Crippen molar-refractivity contribution in [2.24, 2.45) is 0 Å². The van der Waals surface area contributed by atoms with Crippen molar-refractivity contribution in [1.29, 1.82) is 0 Å². The van der Waals surface area contributed by atoms with Gasteiger partial charge in [-0.15, -0.1) is 12.4 Å². The van der Waals surface area contributed by atoms with Crippen molar-refractivity contribution in [1.82, 2.24) is 10.6 Å². The summed E-state index contributed by atoms with van der Waals surface area (Å²) in [7, 11) is 0. The first-order valence-electron chi connectivity index (χ1n) is 5.42. The summed E-state index contributed by atoms with van der Waals surface area (Å²) >= 11 is 0. The highest BCUT2D eigenvalue weighted by Gasteiger charge is 2.27. The second-order valence-electron chi connectivity index (χ2n) is 3.80. The first-order chi connectivity index (χ1) is 7.77. The molecule has 2 N–H and O–H groups in total. The third kappa shape index (κ3) is 3.73. The molecule has 0 bridgehead atoms. The molecule has 5 nitrogen and oxygen atoms in total. The topological polar surface area (TPSA) is 63.5 Å². The number of furan rings is 1. The lowest BCUT2D eigenvalue weighted by molar-refractivity contribution is -0.129. The fourth-order valence-corrected chi connectivity index (χ4v) is 1.72.